The molecule has 1 heterocycles. The Labute approximate surface area is 149 Å². The number of hydrogen-bond donors (Lipinski definition) is 0. The van der Waals surface area contributed by atoms with Gasteiger partial charge in [0.25, 0.3) is 0 Å². The van der Waals surface area contributed by atoms with Gasteiger partial charge in [-0.05, 0) is 42.3 Å². The molecular formula is C19H19NO6. The second kappa shape index (κ2) is 7.35. The Morgan fingerprint density at radius 2 is 1.81 bits per heavy atom. The highest BCUT2D eigenvalue weighted by Gasteiger charge is 2.15. The maximum absolute atomic E-state index is 12.2. The van der Waals surface area contributed by atoms with Gasteiger partial charge in [0.15, 0.2) is 17.1 Å². The number of rotatable bonds is 6. The molecular weight excluding hydrogens is 338 g/mol. The van der Waals surface area contributed by atoms with Crippen molar-refractivity contribution in [2.45, 2.75) is 20.1 Å². The van der Waals surface area contributed by atoms with E-state index in [1.54, 1.807) is 44.6 Å². The molecule has 0 aliphatic heterocycles. The number of nitrogens with zero attached hydrogens (tertiary/aromatic N) is 1. The van der Waals surface area contributed by atoms with Crippen LogP contribution in [0.15, 0.2) is 45.6 Å². The monoisotopic (exact) mass is 357 g/mol. The molecule has 0 saturated heterocycles. The molecule has 0 N–H and O–H groups in total. The molecule has 3 aromatic rings. The molecule has 1 aromatic heterocycles. The fourth-order valence-electron chi connectivity index (χ4n) is 2.67. The third-order valence-electron chi connectivity index (χ3n) is 4.09. The SMILES string of the molecule is COc1cc(C)c(COC(=O)Cn2c(=O)oc3ccccc32)cc1OC. The van der Waals surface area contributed by atoms with Gasteiger partial charge in [0, 0.05) is 0 Å². The molecule has 0 unspecified atom stereocenters. The van der Waals surface area contributed by atoms with Crippen LogP contribution in [0.4, 0.5) is 0 Å². The van der Waals surface area contributed by atoms with E-state index in [9.17, 15) is 9.59 Å². The minimum atomic E-state index is -0.592. The van der Waals surface area contributed by atoms with E-state index < -0.39 is 11.7 Å². The van der Waals surface area contributed by atoms with Gasteiger partial charge in [-0.15, -0.1) is 0 Å². The summed E-state index contributed by atoms with van der Waals surface area (Å²) in [6.07, 6.45) is 0. The minimum Gasteiger partial charge on any atom is -0.493 e. The Morgan fingerprint density at radius 1 is 1.12 bits per heavy atom. The molecule has 0 radical (unpaired) electrons. The van der Waals surface area contributed by atoms with Crippen molar-refractivity contribution in [3.8, 4) is 11.5 Å². The van der Waals surface area contributed by atoms with Crippen molar-refractivity contribution in [2.75, 3.05) is 14.2 Å². The van der Waals surface area contributed by atoms with E-state index >= 15 is 0 Å². The van der Waals surface area contributed by atoms with Crippen molar-refractivity contribution < 1.29 is 23.4 Å². The lowest BCUT2D eigenvalue weighted by atomic mass is 10.1. The molecule has 0 bridgehead atoms. The third kappa shape index (κ3) is 3.42. The zero-order chi connectivity index (χ0) is 18.7. The summed E-state index contributed by atoms with van der Waals surface area (Å²) in [4.78, 5) is 24.1. The summed E-state index contributed by atoms with van der Waals surface area (Å²) >= 11 is 0. The van der Waals surface area contributed by atoms with Gasteiger partial charge in [-0.2, -0.15) is 0 Å². The number of carbonyl (C=O) groups excluding carboxylic acids is 1. The number of fused-ring (bicyclic) bond motifs is 1. The molecule has 0 saturated carbocycles. The van der Waals surface area contributed by atoms with Gasteiger partial charge in [0.1, 0.15) is 13.2 Å². The van der Waals surface area contributed by atoms with Gasteiger partial charge in [0.05, 0.1) is 19.7 Å². The smallest absolute Gasteiger partial charge is 0.420 e. The molecule has 0 aliphatic rings. The zero-order valence-electron chi connectivity index (χ0n) is 14.8. The molecule has 0 fully saturated rings. The highest BCUT2D eigenvalue weighted by atomic mass is 16.5. The van der Waals surface area contributed by atoms with Gasteiger partial charge in [-0.25, -0.2) is 4.79 Å². The largest absolute Gasteiger partial charge is 0.493 e. The normalized spacial score (nSPS) is 10.7. The van der Waals surface area contributed by atoms with Crippen LogP contribution in [0.5, 0.6) is 11.5 Å². The minimum absolute atomic E-state index is 0.0650. The number of benzene rings is 2. The molecule has 26 heavy (non-hydrogen) atoms. The summed E-state index contributed by atoms with van der Waals surface area (Å²) in [5, 5.41) is 0. The van der Waals surface area contributed by atoms with Crippen molar-refractivity contribution in [1.82, 2.24) is 4.57 Å². The first-order chi connectivity index (χ1) is 12.5. The molecule has 7 nitrogen and oxygen atoms in total. The summed E-state index contributed by atoms with van der Waals surface area (Å²) in [7, 11) is 3.10. The van der Waals surface area contributed by atoms with Crippen LogP contribution < -0.4 is 15.2 Å². The summed E-state index contributed by atoms with van der Waals surface area (Å²) in [6, 6.07) is 10.5. The molecule has 2 aromatic carbocycles. The van der Waals surface area contributed by atoms with Crippen LogP contribution in [0.2, 0.25) is 0 Å². The van der Waals surface area contributed by atoms with Gasteiger partial charge >= 0.3 is 11.7 Å². The van der Waals surface area contributed by atoms with Crippen LogP contribution in [-0.4, -0.2) is 24.8 Å². The van der Waals surface area contributed by atoms with Crippen LogP contribution in [0.25, 0.3) is 11.1 Å². The van der Waals surface area contributed by atoms with Crippen molar-refractivity contribution in [3.63, 3.8) is 0 Å². The van der Waals surface area contributed by atoms with Crippen LogP contribution in [0.1, 0.15) is 11.1 Å². The lowest BCUT2D eigenvalue weighted by Crippen LogP contribution is -2.21. The molecule has 0 amide bonds. The Bertz CT molecular complexity index is 1000. The molecule has 7 heteroatoms. The van der Waals surface area contributed by atoms with Crippen LogP contribution in [0, 0.1) is 6.92 Å². The van der Waals surface area contributed by atoms with E-state index in [1.807, 2.05) is 13.0 Å². The van der Waals surface area contributed by atoms with E-state index in [4.69, 9.17) is 18.6 Å². The van der Waals surface area contributed by atoms with Gasteiger partial charge in [-0.3, -0.25) is 9.36 Å². The van der Waals surface area contributed by atoms with E-state index in [0.717, 1.165) is 11.1 Å². The van der Waals surface area contributed by atoms with E-state index in [0.29, 0.717) is 22.6 Å². The van der Waals surface area contributed by atoms with Crippen molar-refractivity contribution in [3.05, 3.63) is 58.1 Å². The predicted octanol–water partition coefficient (Wildman–Crippen LogP) is 2.66. The number of aryl methyl sites for hydroxylation is 1. The van der Waals surface area contributed by atoms with Gasteiger partial charge in [-0.1, -0.05) is 12.1 Å². The van der Waals surface area contributed by atoms with Gasteiger partial charge in [0.2, 0.25) is 0 Å². The summed E-state index contributed by atoms with van der Waals surface area (Å²) in [5.41, 5.74) is 2.68. The first kappa shape index (κ1) is 17.6. The van der Waals surface area contributed by atoms with E-state index in [1.165, 1.54) is 4.57 Å². The Kier molecular flexibility index (Phi) is 4.97. The highest BCUT2D eigenvalue weighted by Crippen LogP contribution is 2.30. The van der Waals surface area contributed by atoms with Gasteiger partial charge < -0.3 is 18.6 Å². The number of carbonyl (C=O) groups is 1. The van der Waals surface area contributed by atoms with Crippen LogP contribution in [0.3, 0.4) is 0 Å². The van der Waals surface area contributed by atoms with E-state index in [2.05, 4.69) is 0 Å². The lowest BCUT2D eigenvalue weighted by molar-refractivity contribution is -0.145. The Morgan fingerprint density at radius 3 is 2.54 bits per heavy atom. The maximum atomic E-state index is 12.2. The average Bonchev–Trinajstić information content (AvgIpc) is 2.95. The topological polar surface area (TPSA) is 79.9 Å². The third-order valence-corrected chi connectivity index (χ3v) is 4.09. The fraction of sp³-hybridized carbons (Fsp3) is 0.263. The maximum Gasteiger partial charge on any atom is 0.420 e. The number of oxazole rings is 1. The Balaban J connectivity index is 1.73. The van der Waals surface area contributed by atoms with E-state index in [-0.39, 0.29) is 13.2 Å². The molecule has 0 atom stereocenters. The Hall–Kier alpha value is -3.22. The first-order valence-electron chi connectivity index (χ1n) is 7.99. The number of esters is 1. The quantitative estimate of drug-likeness (QED) is 0.631. The number of aromatic nitrogens is 1. The summed E-state index contributed by atoms with van der Waals surface area (Å²) in [5.74, 6) is 0.0379. The second-order valence-corrected chi connectivity index (χ2v) is 5.72. The number of para-hydroxylation sites is 2. The second-order valence-electron chi connectivity index (χ2n) is 5.72. The van der Waals surface area contributed by atoms with Crippen molar-refractivity contribution >= 4 is 17.1 Å². The van der Waals surface area contributed by atoms with Crippen LogP contribution >= 0.6 is 0 Å². The average molecular weight is 357 g/mol. The standard InChI is InChI=1S/C19H19NO6/c1-12-8-16(23-2)17(24-3)9-13(12)11-25-18(21)10-20-14-6-4-5-7-15(14)26-19(20)22/h4-9H,10-11H2,1-3H3. The predicted molar refractivity (Wildman–Crippen MR) is 94.6 cm³/mol. The highest BCUT2D eigenvalue weighted by molar-refractivity contribution is 5.76. The lowest BCUT2D eigenvalue weighted by Gasteiger charge is -2.13. The van der Waals surface area contributed by atoms with Crippen molar-refractivity contribution in [2.24, 2.45) is 0 Å². The number of ether oxygens (including phenoxy) is 3. The first-order valence-corrected chi connectivity index (χ1v) is 7.99. The molecule has 0 aliphatic carbocycles. The zero-order valence-corrected chi connectivity index (χ0v) is 14.8. The molecule has 136 valence electrons. The number of hydrogen-bond acceptors (Lipinski definition) is 6. The van der Waals surface area contributed by atoms with Crippen molar-refractivity contribution in [1.29, 1.82) is 0 Å². The summed E-state index contributed by atoms with van der Waals surface area (Å²) < 4.78 is 22.2. The van der Waals surface area contributed by atoms with Crippen LogP contribution in [-0.2, 0) is 22.7 Å². The molecule has 0 spiro atoms. The number of methoxy groups -OCH3 is 2. The summed E-state index contributed by atoms with van der Waals surface area (Å²) in [6.45, 7) is 1.73. The fourth-order valence-corrected chi connectivity index (χ4v) is 2.67. The molecule has 3 rings (SSSR count).